The molecule has 0 aromatic rings. The van der Waals surface area contributed by atoms with Gasteiger partial charge in [-0.25, -0.2) is 0 Å². The van der Waals surface area contributed by atoms with Crippen molar-refractivity contribution in [3.8, 4) is 0 Å². The highest BCUT2D eigenvalue weighted by atomic mass is 16.6. The van der Waals surface area contributed by atoms with Crippen LogP contribution in [0.15, 0.2) is 23.8 Å². The largest absolute Gasteiger partial charge is 0.462 e. The molecule has 0 unspecified atom stereocenters. The molecule has 0 radical (unpaired) electrons. The van der Waals surface area contributed by atoms with Gasteiger partial charge in [0.2, 0.25) is 0 Å². The second-order valence-electron chi connectivity index (χ2n) is 11.0. The maximum atomic E-state index is 13.9. The SMILES string of the molecule is C=C1[C@H](OC(C)=O)C(=O)[C@H]2C(C)(C)[C@@H](OC(C)=O)CC[C@]2(C)[C@@H]1C[C@H](OC(C)=O)/C(C)=C/COC(C)=O. The topological polar surface area (TPSA) is 122 Å². The average Bonchev–Trinajstić information content (AvgIpc) is 2.74. The van der Waals surface area contributed by atoms with Crippen LogP contribution in [0.5, 0.6) is 0 Å². The van der Waals surface area contributed by atoms with E-state index >= 15 is 0 Å². The van der Waals surface area contributed by atoms with Gasteiger partial charge in [-0.2, -0.15) is 0 Å². The molecule has 9 heteroatoms. The molecule has 9 nitrogen and oxygen atoms in total. The fourth-order valence-corrected chi connectivity index (χ4v) is 6.30. The first-order valence-electron chi connectivity index (χ1n) is 12.6. The van der Waals surface area contributed by atoms with Crippen LogP contribution in [0.2, 0.25) is 0 Å². The van der Waals surface area contributed by atoms with Crippen LogP contribution < -0.4 is 0 Å². The number of Topliss-reactive ketones (excluding diaryl/α,β-unsaturated/α-hetero) is 1. The van der Waals surface area contributed by atoms with Crippen molar-refractivity contribution in [2.75, 3.05) is 6.61 Å². The highest BCUT2D eigenvalue weighted by Gasteiger charge is 2.64. The molecule has 2 rings (SSSR count). The van der Waals surface area contributed by atoms with Gasteiger partial charge in [0.05, 0.1) is 0 Å². The van der Waals surface area contributed by atoms with Crippen molar-refractivity contribution >= 4 is 29.7 Å². The van der Waals surface area contributed by atoms with Crippen molar-refractivity contribution in [1.82, 2.24) is 0 Å². The lowest BCUT2D eigenvalue weighted by Gasteiger charge is -2.59. The van der Waals surface area contributed by atoms with Crippen LogP contribution in [-0.4, -0.2) is 54.6 Å². The van der Waals surface area contributed by atoms with Crippen molar-refractivity contribution in [2.24, 2.45) is 22.7 Å². The van der Waals surface area contributed by atoms with E-state index in [2.05, 4.69) is 6.58 Å². The highest BCUT2D eigenvalue weighted by Crippen LogP contribution is 2.61. The zero-order valence-electron chi connectivity index (χ0n) is 23.2. The molecule has 6 atom stereocenters. The Morgan fingerprint density at radius 3 is 2.08 bits per heavy atom. The number of rotatable bonds is 8. The summed E-state index contributed by atoms with van der Waals surface area (Å²) < 4.78 is 21.8. The molecule has 206 valence electrons. The Hall–Kier alpha value is -2.97. The number of ether oxygens (including phenoxy) is 4. The molecular weight excluding hydrogens is 480 g/mol. The summed E-state index contributed by atoms with van der Waals surface area (Å²) in [7, 11) is 0. The van der Waals surface area contributed by atoms with Gasteiger partial charge in [-0.3, -0.25) is 24.0 Å². The molecule has 2 fully saturated rings. The van der Waals surface area contributed by atoms with E-state index in [0.717, 1.165) is 0 Å². The van der Waals surface area contributed by atoms with Crippen LogP contribution in [-0.2, 0) is 42.9 Å². The van der Waals surface area contributed by atoms with Gasteiger partial charge in [0.15, 0.2) is 11.9 Å². The lowest BCUT2D eigenvalue weighted by molar-refractivity contribution is -0.188. The van der Waals surface area contributed by atoms with E-state index in [1.165, 1.54) is 27.7 Å². The van der Waals surface area contributed by atoms with E-state index in [0.29, 0.717) is 24.0 Å². The fourth-order valence-electron chi connectivity index (χ4n) is 6.30. The van der Waals surface area contributed by atoms with E-state index in [4.69, 9.17) is 18.9 Å². The summed E-state index contributed by atoms with van der Waals surface area (Å²) in [6.07, 6.45) is 0.696. The molecule has 2 aliphatic rings. The average molecular weight is 521 g/mol. The zero-order valence-corrected chi connectivity index (χ0v) is 23.2. The Balaban J connectivity index is 2.56. The third kappa shape index (κ3) is 6.67. The van der Waals surface area contributed by atoms with Gasteiger partial charge in [-0.05, 0) is 54.7 Å². The third-order valence-electron chi connectivity index (χ3n) is 7.85. The second-order valence-corrected chi connectivity index (χ2v) is 11.0. The first kappa shape index (κ1) is 30.3. The van der Waals surface area contributed by atoms with Crippen LogP contribution >= 0.6 is 0 Å². The molecule has 37 heavy (non-hydrogen) atoms. The van der Waals surface area contributed by atoms with Crippen molar-refractivity contribution in [3.63, 3.8) is 0 Å². The van der Waals surface area contributed by atoms with E-state index in [1.807, 2.05) is 20.8 Å². The molecule has 0 heterocycles. The maximum Gasteiger partial charge on any atom is 0.303 e. The number of ketones is 1. The van der Waals surface area contributed by atoms with E-state index < -0.39 is 58.9 Å². The lowest BCUT2D eigenvalue weighted by Crippen LogP contribution is -2.63. The summed E-state index contributed by atoms with van der Waals surface area (Å²) in [5.41, 5.74) is -0.270. The number of hydrogen-bond acceptors (Lipinski definition) is 9. The van der Waals surface area contributed by atoms with E-state index in [9.17, 15) is 24.0 Å². The standard InChI is InChI=1S/C28H40O9/c1-15(11-13-34-17(3)29)22(35-18(4)30)14-21-16(2)25(37-20(6)32)24(33)26-27(7,8)23(36-19(5)31)10-12-28(21,26)9/h11,21-23,25-26H,2,10,12-14H2,1,3-9H3/b15-11+/t21-,22+,23+,25+,26+,28-/m1/s1. The molecule has 0 spiro atoms. The molecule has 0 aliphatic heterocycles. The van der Waals surface area contributed by atoms with E-state index in [1.54, 1.807) is 13.0 Å². The number of esters is 4. The van der Waals surface area contributed by atoms with Crippen molar-refractivity contribution in [3.05, 3.63) is 23.8 Å². The van der Waals surface area contributed by atoms with Crippen molar-refractivity contribution in [2.45, 2.75) is 93.0 Å². The Morgan fingerprint density at radius 2 is 1.57 bits per heavy atom. The minimum absolute atomic E-state index is 0.0239. The summed E-state index contributed by atoms with van der Waals surface area (Å²) in [6.45, 7) is 17.0. The third-order valence-corrected chi connectivity index (χ3v) is 7.85. The molecule has 0 saturated heterocycles. The summed E-state index contributed by atoms with van der Waals surface area (Å²) in [6, 6.07) is 0. The van der Waals surface area contributed by atoms with Crippen molar-refractivity contribution < 1.29 is 42.9 Å². The quantitative estimate of drug-likeness (QED) is 0.266. The highest BCUT2D eigenvalue weighted by molar-refractivity contribution is 5.93. The molecule has 0 aromatic heterocycles. The molecule has 0 N–H and O–H groups in total. The molecule has 2 aliphatic carbocycles. The molecule has 0 bridgehead atoms. The van der Waals surface area contributed by atoms with Crippen LogP contribution in [0.3, 0.4) is 0 Å². The van der Waals surface area contributed by atoms with Crippen LogP contribution in [0, 0.1) is 22.7 Å². The van der Waals surface area contributed by atoms with Gasteiger partial charge in [-0.1, -0.05) is 27.4 Å². The van der Waals surface area contributed by atoms with Gasteiger partial charge in [0.25, 0.3) is 0 Å². The molecule has 0 aromatic carbocycles. The maximum absolute atomic E-state index is 13.9. The lowest BCUT2D eigenvalue weighted by atomic mass is 9.45. The monoisotopic (exact) mass is 520 g/mol. The number of carbonyl (C=O) groups excluding carboxylic acids is 5. The van der Waals surface area contributed by atoms with Gasteiger partial charge in [0, 0.05) is 39.0 Å². The number of carbonyl (C=O) groups is 5. The Labute approximate surface area is 218 Å². The van der Waals surface area contributed by atoms with Crippen molar-refractivity contribution in [1.29, 1.82) is 0 Å². The van der Waals surface area contributed by atoms with Crippen LogP contribution in [0.4, 0.5) is 0 Å². The normalized spacial score (nSPS) is 30.0. The zero-order chi connectivity index (χ0) is 28.3. The van der Waals surface area contributed by atoms with Gasteiger partial charge in [-0.15, -0.1) is 0 Å². The summed E-state index contributed by atoms with van der Waals surface area (Å²) in [5, 5.41) is 0. The van der Waals surface area contributed by atoms with E-state index in [-0.39, 0.29) is 24.7 Å². The fraction of sp³-hybridized carbons (Fsp3) is 0.679. The minimum atomic E-state index is -1.17. The minimum Gasteiger partial charge on any atom is -0.462 e. The van der Waals surface area contributed by atoms with Gasteiger partial charge >= 0.3 is 23.9 Å². The summed E-state index contributed by atoms with van der Waals surface area (Å²) in [4.78, 5) is 60.9. The predicted octanol–water partition coefficient (Wildman–Crippen LogP) is 3.88. The number of fused-ring (bicyclic) bond motifs is 1. The Morgan fingerprint density at radius 1 is 0.973 bits per heavy atom. The van der Waals surface area contributed by atoms with Crippen LogP contribution in [0.1, 0.15) is 74.7 Å². The van der Waals surface area contributed by atoms with Gasteiger partial charge in [0.1, 0.15) is 18.8 Å². The first-order valence-corrected chi connectivity index (χ1v) is 12.6. The predicted molar refractivity (Wildman–Crippen MR) is 134 cm³/mol. The number of hydrogen-bond donors (Lipinski definition) is 0. The first-order chi connectivity index (χ1) is 17.0. The molecule has 2 saturated carbocycles. The summed E-state index contributed by atoms with van der Waals surface area (Å²) >= 11 is 0. The molecular formula is C28H40O9. The smallest absolute Gasteiger partial charge is 0.303 e. The molecule has 0 amide bonds. The second kappa shape index (κ2) is 11.6. The van der Waals surface area contributed by atoms with Crippen LogP contribution in [0.25, 0.3) is 0 Å². The summed E-state index contributed by atoms with van der Waals surface area (Å²) in [5.74, 6) is -3.22. The Kier molecular flexibility index (Phi) is 9.49. The Bertz CT molecular complexity index is 992. The van der Waals surface area contributed by atoms with Gasteiger partial charge < -0.3 is 18.9 Å².